The van der Waals surface area contributed by atoms with E-state index in [4.69, 9.17) is 4.74 Å². The molecular formula is C23H31N3O2. The molecule has 5 nitrogen and oxygen atoms in total. The Hall–Kier alpha value is -2.37. The van der Waals surface area contributed by atoms with Crippen LogP contribution in [0.1, 0.15) is 16.7 Å². The van der Waals surface area contributed by atoms with Crippen LogP contribution in [-0.4, -0.2) is 67.5 Å². The number of carbonyl (C=O) groups is 1. The minimum absolute atomic E-state index is 0.162. The fourth-order valence-electron chi connectivity index (χ4n) is 3.62. The number of hydrogen-bond acceptors (Lipinski definition) is 4. The van der Waals surface area contributed by atoms with Gasteiger partial charge in [-0.2, -0.15) is 0 Å². The first-order valence-electron chi connectivity index (χ1n) is 9.90. The molecule has 2 aromatic rings. The van der Waals surface area contributed by atoms with Gasteiger partial charge in [-0.1, -0.05) is 42.0 Å². The predicted molar refractivity (Wildman–Crippen MR) is 112 cm³/mol. The van der Waals surface area contributed by atoms with E-state index < -0.39 is 0 Å². The first kappa shape index (κ1) is 20.4. The van der Waals surface area contributed by atoms with Crippen LogP contribution < -0.4 is 4.74 Å². The monoisotopic (exact) mass is 381 g/mol. The molecule has 1 aliphatic rings. The number of rotatable bonds is 7. The van der Waals surface area contributed by atoms with E-state index in [2.05, 4.69) is 41.0 Å². The Labute approximate surface area is 168 Å². The van der Waals surface area contributed by atoms with E-state index in [1.165, 1.54) is 11.1 Å². The van der Waals surface area contributed by atoms with Crippen LogP contribution in [0.15, 0.2) is 48.5 Å². The van der Waals surface area contributed by atoms with Crippen molar-refractivity contribution in [2.24, 2.45) is 0 Å². The van der Waals surface area contributed by atoms with Crippen molar-refractivity contribution in [1.82, 2.24) is 14.7 Å². The average molecular weight is 382 g/mol. The van der Waals surface area contributed by atoms with Crippen molar-refractivity contribution < 1.29 is 9.53 Å². The highest BCUT2D eigenvalue weighted by atomic mass is 16.5. The van der Waals surface area contributed by atoms with Gasteiger partial charge in [0.25, 0.3) is 0 Å². The topological polar surface area (TPSA) is 36.0 Å². The minimum Gasteiger partial charge on any atom is -0.497 e. The molecule has 1 heterocycles. The first-order valence-corrected chi connectivity index (χ1v) is 9.90. The van der Waals surface area contributed by atoms with Crippen LogP contribution in [0, 0.1) is 6.92 Å². The maximum atomic E-state index is 12.6. The molecule has 0 N–H and O–H groups in total. The van der Waals surface area contributed by atoms with E-state index in [9.17, 15) is 4.79 Å². The van der Waals surface area contributed by atoms with Crippen LogP contribution in [0.4, 0.5) is 0 Å². The number of carbonyl (C=O) groups excluding carboxylic acids is 1. The molecule has 1 saturated heterocycles. The molecule has 150 valence electrons. The minimum atomic E-state index is 0.162. The number of ether oxygens (including phenoxy) is 1. The van der Waals surface area contributed by atoms with Crippen molar-refractivity contribution in [3.05, 3.63) is 65.2 Å². The lowest BCUT2D eigenvalue weighted by Crippen LogP contribution is -2.49. The molecule has 0 radical (unpaired) electrons. The van der Waals surface area contributed by atoms with Crippen LogP contribution >= 0.6 is 0 Å². The van der Waals surface area contributed by atoms with E-state index >= 15 is 0 Å². The smallest absolute Gasteiger partial charge is 0.236 e. The van der Waals surface area contributed by atoms with Crippen molar-refractivity contribution in [1.29, 1.82) is 0 Å². The summed E-state index contributed by atoms with van der Waals surface area (Å²) in [4.78, 5) is 19.1. The summed E-state index contributed by atoms with van der Waals surface area (Å²) in [6.07, 6.45) is 0. The summed E-state index contributed by atoms with van der Waals surface area (Å²) >= 11 is 0. The third-order valence-electron chi connectivity index (χ3n) is 5.29. The van der Waals surface area contributed by atoms with Crippen molar-refractivity contribution in [3.8, 4) is 5.75 Å². The second-order valence-corrected chi connectivity index (χ2v) is 7.64. The maximum absolute atomic E-state index is 12.6. The lowest BCUT2D eigenvalue weighted by Gasteiger charge is -2.35. The molecule has 1 fully saturated rings. The maximum Gasteiger partial charge on any atom is 0.236 e. The number of benzene rings is 2. The van der Waals surface area contributed by atoms with E-state index in [1.54, 1.807) is 12.0 Å². The van der Waals surface area contributed by atoms with E-state index in [1.807, 2.05) is 31.3 Å². The summed E-state index contributed by atoms with van der Waals surface area (Å²) in [7, 11) is 3.53. The van der Waals surface area contributed by atoms with Gasteiger partial charge in [0.2, 0.25) is 5.91 Å². The van der Waals surface area contributed by atoms with Crippen molar-refractivity contribution in [2.45, 2.75) is 20.0 Å². The van der Waals surface area contributed by atoms with Gasteiger partial charge < -0.3 is 9.64 Å². The fraction of sp³-hybridized carbons (Fsp3) is 0.435. The molecule has 0 spiro atoms. The van der Waals surface area contributed by atoms with Crippen LogP contribution in [0.3, 0.4) is 0 Å². The van der Waals surface area contributed by atoms with Gasteiger partial charge in [0.05, 0.1) is 13.7 Å². The summed E-state index contributed by atoms with van der Waals surface area (Å²) in [5.41, 5.74) is 3.75. The van der Waals surface area contributed by atoms with Gasteiger partial charge in [-0.3, -0.25) is 14.6 Å². The Morgan fingerprint density at radius 3 is 2.39 bits per heavy atom. The third-order valence-corrected chi connectivity index (χ3v) is 5.29. The van der Waals surface area contributed by atoms with Gasteiger partial charge in [0.1, 0.15) is 5.75 Å². The second-order valence-electron chi connectivity index (χ2n) is 7.64. The first-order chi connectivity index (χ1) is 13.5. The normalized spacial score (nSPS) is 15.4. The molecule has 28 heavy (non-hydrogen) atoms. The average Bonchev–Trinajstić information content (AvgIpc) is 2.69. The van der Waals surface area contributed by atoms with Crippen molar-refractivity contribution in [2.75, 3.05) is 46.9 Å². The largest absolute Gasteiger partial charge is 0.497 e. The number of nitrogens with zero attached hydrogens (tertiary/aromatic N) is 3. The highest BCUT2D eigenvalue weighted by molar-refractivity contribution is 5.78. The van der Waals surface area contributed by atoms with E-state index in [0.29, 0.717) is 13.1 Å². The quantitative estimate of drug-likeness (QED) is 0.739. The van der Waals surface area contributed by atoms with E-state index in [0.717, 1.165) is 44.0 Å². The molecule has 0 aliphatic carbocycles. The van der Waals surface area contributed by atoms with E-state index in [-0.39, 0.29) is 5.91 Å². The second kappa shape index (κ2) is 9.71. The Balaban J connectivity index is 1.44. The zero-order valence-electron chi connectivity index (χ0n) is 17.2. The molecule has 5 heteroatoms. The molecule has 0 atom stereocenters. The number of methoxy groups -OCH3 is 1. The molecule has 0 bridgehead atoms. The Bertz CT molecular complexity index is 785. The molecule has 1 amide bonds. The Kier molecular flexibility index (Phi) is 7.06. The third kappa shape index (κ3) is 5.81. The Morgan fingerprint density at radius 1 is 1.00 bits per heavy atom. The summed E-state index contributed by atoms with van der Waals surface area (Å²) in [5.74, 6) is 0.984. The summed E-state index contributed by atoms with van der Waals surface area (Å²) in [5, 5.41) is 0. The zero-order valence-corrected chi connectivity index (χ0v) is 17.2. The lowest BCUT2D eigenvalue weighted by atomic mass is 10.1. The molecule has 1 aliphatic heterocycles. The molecule has 2 aromatic carbocycles. The van der Waals surface area contributed by atoms with Gasteiger partial charge in [-0.25, -0.2) is 0 Å². The zero-order chi connectivity index (χ0) is 19.9. The van der Waals surface area contributed by atoms with Crippen molar-refractivity contribution in [3.63, 3.8) is 0 Å². The lowest BCUT2D eigenvalue weighted by molar-refractivity contribution is -0.132. The number of aryl methyl sites for hydroxylation is 1. The highest BCUT2D eigenvalue weighted by Crippen LogP contribution is 2.14. The summed E-state index contributed by atoms with van der Waals surface area (Å²) < 4.78 is 5.26. The number of amides is 1. The molecular weight excluding hydrogens is 350 g/mol. The van der Waals surface area contributed by atoms with Gasteiger partial charge in [-0.05, 0) is 30.2 Å². The van der Waals surface area contributed by atoms with Gasteiger partial charge in [-0.15, -0.1) is 0 Å². The standard InChI is InChI=1S/C23H31N3O2/c1-19-6-4-7-20(14-19)17-25-10-12-26(13-11-25)18-23(27)24(2)16-21-8-5-9-22(15-21)28-3/h4-9,14-15H,10-13,16-18H2,1-3H3. The number of piperazine rings is 1. The molecule has 0 aromatic heterocycles. The molecule has 3 rings (SSSR count). The fourth-order valence-corrected chi connectivity index (χ4v) is 3.62. The van der Waals surface area contributed by atoms with Gasteiger partial charge in [0, 0.05) is 46.3 Å². The highest BCUT2D eigenvalue weighted by Gasteiger charge is 2.20. The summed E-state index contributed by atoms with van der Waals surface area (Å²) in [6.45, 7) is 8.08. The van der Waals surface area contributed by atoms with Crippen LogP contribution in [0.25, 0.3) is 0 Å². The molecule has 0 saturated carbocycles. The number of hydrogen-bond donors (Lipinski definition) is 0. The van der Waals surface area contributed by atoms with Crippen LogP contribution in [0.5, 0.6) is 5.75 Å². The molecule has 0 unspecified atom stereocenters. The van der Waals surface area contributed by atoms with Crippen LogP contribution in [-0.2, 0) is 17.9 Å². The van der Waals surface area contributed by atoms with Gasteiger partial charge >= 0.3 is 0 Å². The Morgan fingerprint density at radius 2 is 1.68 bits per heavy atom. The van der Waals surface area contributed by atoms with Gasteiger partial charge in [0.15, 0.2) is 0 Å². The summed E-state index contributed by atoms with van der Waals surface area (Å²) in [6, 6.07) is 16.6. The predicted octanol–water partition coefficient (Wildman–Crippen LogP) is 2.78. The van der Waals surface area contributed by atoms with Crippen molar-refractivity contribution >= 4 is 5.91 Å². The SMILES string of the molecule is COc1cccc(CN(C)C(=O)CN2CCN(Cc3cccc(C)c3)CC2)c1. The van der Waals surface area contributed by atoms with Crippen LogP contribution in [0.2, 0.25) is 0 Å². The number of likely N-dealkylation sites (N-methyl/N-ethyl adjacent to an activating group) is 1.